The van der Waals surface area contributed by atoms with E-state index in [-0.39, 0.29) is 23.6 Å². The van der Waals surface area contributed by atoms with E-state index >= 15 is 0 Å². The van der Waals surface area contributed by atoms with Crippen molar-refractivity contribution in [1.82, 2.24) is 5.32 Å². The van der Waals surface area contributed by atoms with Gasteiger partial charge in [-0.25, -0.2) is 0 Å². The highest BCUT2D eigenvalue weighted by atomic mass is 32.2. The number of fused-ring (bicyclic) bond motifs is 1. The molecule has 3 aromatic rings. The second kappa shape index (κ2) is 10.1. The van der Waals surface area contributed by atoms with Crippen molar-refractivity contribution in [2.45, 2.75) is 38.7 Å². The van der Waals surface area contributed by atoms with Crippen LogP contribution in [-0.2, 0) is 17.4 Å². The number of allylic oxidation sites excluding steroid dienone is 1. The number of alkyl halides is 3. The second-order valence-electron chi connectivity index (χ2n) is 8.90. The number of aliphatic carboxylic acids is 1. The number of benzene rings is 2. The van der Waals surface area contributed by atoms with Crippen LogP contribution in [0.5, 0.6) is 5.75 Å². The Bertz CT molecular complexity index is 1250. The van der Waals surface area contributed by atoms with E-state index in [2.05, 4.69) is 26.1 Å². The zero-order valence-electron chi connectivity index (χ0n) is 19.5. The number of rotatable bonds is 8. The lowest BCUT2D eigenvalue weighted by Crippen LogP contribution is -2.18. The summed E-state index contributed by atoms with van der Waals surface area (Å²) in [6.45, 7) is 6.70. The first-order valence-electron chi connectivity index (χ1n) is 11.2. The highest BCUT2D eigenvalue weighted by Gasteiger charge is 2.33. The summed E-state index contributed by atoms with van der Waals surface area (Å²) < 4.78 is 45.9. The SMILES string of the molecule is CC(C)C1=C([C@@H](C)COc2ccc3c(CC(=O)O)csc3c2)S[C@@H](c2ccc(C(F)(F)F)cc2)N1. The predicted octanol–water partition coefficient (Wildman–Crippen LogP) is 7.46. The van der Waals surface area contributed by atoms with Crippen molar-refractivity contribution in [3.05, 3.63) is 75.1 Å². The molecule has 0 spiro atoms. The Morgan fingerprint density at radius 2 is 1.86 bits per heavy atom. The number of carboxylic acid groups (broad SMARTS) is 1. The topological polar surface area (TPSA) is 58.6 Å². The Balaban J connectivity index is 1.44. The second-order valence-corrected chi connectivity index (χ2v) is 11.0. The molecule has 186 valence electrons. The number of thioether (sulfide) groups is 1. The Labute approximate surface area is 210 Å². The summed E-state index contributed by atoms with van der Waals surface area (Å²) in [6.07, 6.45) is -4.36. The number of nitrogens with one attached hydrogen (secondary N) is 1. The molecule has 1 aromatic heterocycles. The van der Waals surface area contributed by atoms with Crippen LogP contribution in [0.4, 0.5) is 13.2 Å². The summed E-state index contributed by atoms with van der Waals surface area (Å²) in [5.74, 6) is 0.167. The smallest absolute Gasteiger partial charge is 0.416 e. The Kier molecular flexibility index (Phi) is 7.38. The molecule has 0 bridgehead atoms. The normalized spacial score (nSPS) is 17.2. The molecule has 0 saturated heterocycles. The van der Waals surface area contributed by atoms with Crippen LogP contribution in [-0.4, -0.2) is 17.7 Å². The molecule has 35 heavy (non-hydrogen) atoms. The lowest BCUT2D eigenvalue weighted by atomic mass is 10.0. The highest BCUT2D eigenvalue weighted by molar-refractivity contribution is 8.03. The van der Waals surface area contributed by atoms with Gasteiger partial charge in [-0.05, 0) is 58.1 Å². The minimum atomic E-state index is -4.35. The molecular weight excluding hydrogens is 495 g/mol. The molecule has 9 heteroatoms. The fourth-order valence-corrected chi connectivity index (χ4v) is 6.46. The number of ether oxygens (including phenoxy) is 1. The van der Waals surface area contributed by atoms with E-state index in [0.29, 0.717) is 6.61 Å². The fraction of sp³-hybridized carbons (Fsp3) is 0.346. The quantitative estimate of drug-likeness (QED) is 0.322. The van der Waals surface area contributed by atoms with Gasteiger partial charge in [-0.1, -0.05) is 44.7 Å². The third-order valence-corrected chi connectivity index (χ3v) is 8.33. The van der Waals surface area contributed by atoms with Gasteiger partial charge in [0.1, 0.15) is 11.1 Å². The standard InChI is InChI=1S/C26H26F3NO3S2/c1-14(2)23-24(35-25(30-23)16-4-6-18(7-5-16)26(27,28)29)15(3)12-33-19-8-9-20-17(10-22(31)32)13-34-21(20)11-19/h4-9,11,13-15,25,30H,10,12H2,1-3H3,(H,31,32)/t15-,25-/m0/s1. The third-order valence-electron chi connectivity index (χ3n) is 5.83. The minimum absolute atomic E-state index is 0.00626. The molecule has 0 amide bonds. The highest BCUT2D eigenvalue weighted by Crippen LogP contribution is 2.46. The van der Waals surface area contributed by atoms with Crippen LogP contribution in [0.25, 0.3) is 10.1 Å². The summed E-state index contributed by atoms with van der Waals surface area (Å²) >= 11 is 3.12. The molecule has 2 aromatic carbocycles. The molecule has 2 atom stereocenters. The van der Waals surface area contributed by atoms with Crippen molar-refractivity contribution >= 4 is 39.2 Å². The van der Waals surface area contributed by atoms with Crippen LogP contribution >= 0.6 is 23.1 Å². The maximum Gasteiger partial charge on any atom is 0.416 e. The van der Waals surface area contributed by atoms with E-state index in [1.54, 1.807) is 11.8 Å². The van der Waals surface area contributed by atoms with Gasteiger partial charge >= 0.3 is 12.1 Å². The average molecular weight is 522 g/mol. The maximum absolute atomic E-state index is 12.9. The van der Waals surface area contributed by atoms with Gasteiger partial charge < -0.3 is 15.2 Å². The molecule has 0 aliphatic carbocycles. The van der Waals surface area contributed by atoms with E-state index in [4.69, 9.17) is 9.84 Å². The van der Waals surface area contributed by atoms with Crippen molar-refractivity contribution in [2.75, 3.05) is 6.61 Å². The fourth-order valence-electron chi connectivity index (χ4n) is 4.01. The molecule has 4 nitrogen and oxygen atoms in total. The van der Waals surface area contributed by atoms with Crippen LogP contribution in [0.15, 0.2) is 58.4 Å². The summed E-state index contributed by atoms with van der Waals surface area (Å²) in [5, 5.41) is 15.2. The van der Waals surface area contributed by atoms with Crippen LogP contribution in [0.2, 0.25) is 0 Å². The summed E-state index contributed by atoms with van der Waals surface area (Å²) in [6, 6.07) is 11.0. The maximum atomic E-state index is 12.9. The summed E-state index contributed by atoms with van der Waals surface area (Å²) in [7, 11) is 0. The average Bonchev–Trinajstić information content (AvgIpc) is 3.41. The van der Waals surface area contributed by atoms with Gasteiger partial charge in [-0.15, -0.1) is 11.3 Å². The van der Waals surface area contributed by atoms with Gasteiger partial charge in [0, 0.05) is 21.2 Å². The van der Waals surface area contributed by atoms with Crippen molar-refractivity contribution in [1.29, 1.82) is 0 Å². The van der Waals surface area contributed by atoms with Gasteiger partial charge in [0.2, 0.25) is 0 Å². The van der Waals surface area contributed by atoms with E-state index in [0.717, 1.165) is 49.7 Å². The molecule has 1 aliphatic rings. The number of hydrogen-bond donors (Lipinski definition) is 2. The monoisotopic (exact) mass is 521 g/mol. The van der Waals surface area contributed by atoms with E-state index in [1.165, 1.54) is 23.5 Å². The van der Waals surface area contributed by atoms with E-state index in [1.807, 2.05) is 23.6 Å². The molecule has 0 radical (unpaired) electrons. The number of carboxylic acids is 1. The van der Waals surface area contributed by atoms with Crippen LogP contribution in [0.1, 0.15) is 42.8 Å². The lowest BCUT2D eigenvalue weighted by Gasteiger charge is -2.17. The first kappa shape index (κ1) is 25.4. The molecule has 2 N–H and O–H groups in total. The Morgan fingerprint density at radius 3 is 2.49 bits per heavy atom. The summed E-state index contributed by atoms with van der Waals surface area (Å²) in [4.78, 5) is 12.2. The number of hydrogen-bond acceptors (Lipinski definition) is 5. The van der Waals surface area contributed by atoms with Crippen molar-refractivity contribution in [3.63, 3.8) is 0 Å². The van der Waals surface area contributed by atoms with Gasteiger partial charge in [0.25, 0.3) is 0 Å². The van der Waals surface area contributed by atoms with Gasteiger partial charge in [-0.2, -0.15) is 13.2 Å². The Hall–Kier alpha value is -2.65. The number of halogens is 3. The first-order valence-corrected chi connectivity index (χ1v) is 13.0. The third kappa shape index (κ3) is 5.78. The Morgan fingerprint density at radius 1 is 1.14 bits per heavy atom. The summed E-state index contributed by atoms with van der Waals surface area (Å²) in [5.41, 5.74) is 2.03. The minimum Gasteiger partial charge on any atom is -0.493 e. The van der Waals surface area contributed by atoms with E-state index in [9.17, 15) is 18.0 Å². The zero-order chi connectivity index (χ0) is 25.3. The number of carbonyl (C=O) groups is 1. The van der Waals surface area contributed by atoms with Gasteiger partial charge in [0.15, 0.2) is 0 Å². The van der Waals surface area contributed by atoms with Crippen LogP contribution < -0.4 is 10.1 Å². The first-order chi connectivity index (χ1) is 16.5. The van der Waals surface area contributed by atoms with E-state index < -0.39 is 17.7 Å². The lowest BCUT2D eigenvalue weighted by molar-refractivity contribution is -0.138. The van der Waals surface area contributed by atoms with Crippen LogP contribution in [0.3, 0.4) is 0 Å². The predicted molar refractivity (Wildman–Crippen MR) is 135 cm³/mol. The van der Waals surface area contributed by atoms with Crippen molar-refractivity contribution in [2.24, 2.45) is 11.8 Å². The number of thiophene rings is 1. The van der Waals surface area contributed by atoms with Crippen LogP contribution in [0, 0.1) is 11.8 Å². The largest absolute Gasteiger partial charge is 0.493 e. The molecule has 1 aliphatic heterocycles. The van der Waals surface area contributed by atoms with Crippen molar-refractivity contribution < 1.29 is 27.8 Å². The molecule has 2 heterocycles. The van der Waals surface area contributed by atoms with Gasteiger partial charge in [-0.3, -0.25) is 4.79 Å². The van der Waals surface area contributed by atoms with Crippen molar-refractivity contribution in [3.8, 4) is 5.75 Å². The van der Waals surface area contributed by atoms with Gasteiger partial charge in [0.05, 0.1) is 18.6 Å². The zero-order valence-corrected chi connectivity index (χ0v) is 21.1. The molecule has 0 fully saturated rings. The molecule has 0 unspecified atom stereocenters. The molecular formula is C26H26F3NO3S2. The molecule has 4 rings (SSSR count). The molecule has 0 saturated carbocycles.